The highest BCUT2D eigenvalue weighted by Gasteiger charge is 2.18. The monoisotopic (exact) mass is 274 g/mol. The summed E-state index contributed by atoms with van der Waals surface area (Å²) in [5, 5.41) is 0. The quantitative estimate of drug-likeness (QED) is 0.752. The standard InChI is InChI=1S/C10H11IO/c11-8-3-1-6-10(7-8)12-9-4-2-5-9/h1,3,6-7,9H,2,4-5H2. The van der Waals surface area contributed by atoms with Crippen molar-refractivity contribution in [1.29, 1.82) is 0 Å². The molecule has 0 aromatic heterocycles. The Balaban J connectivity index is 2.02. The predicted octanol–water partition coefficient (Wildman–Crippen LogP) is 3.22. The maximum absolute atomic E-state index is 5.73. The number of benzene rings is 1. The van der Waals surface area contributed by atoms with Crippen molar-refractivity contribution in [2.75, 3.05) is 0 Å². The Morgan fingerprint density at radius 2 is 2.17 bits per heavy atom. The lowest BCUT2D eigenvalue weighted by atomic mass is 9.96. The van der Waals surface area contributed by atoms with Gasteiger partial charge in [0.05, 0.1) is 6.10 Å². The first kappa shape index (κ1) is 8.35. The van der Waals surface area contributed by atoms with Gasteiger partial charge < -0.3 is 4.74 Å². The topological polar surface area (TPSA) is 9.23 Å². The molecule has 0 N–H and O–H groups in total. The molecule has 1 aliphatic carbocycles. The predicted molar refractivity (Wildman–Crippen MR) is 57.4 cm³/mol. The third kappa shape index (κ3) is 1.91. The molecule has 0 radical (unpaired) electrons. The molecule has 64 valence electrons. The third-order valence-electron chi connectivity index (χ3n) is 2.15. The number of rotatable bonds is 2. The Bertz CT molecular complexity index is 268. The minimum atomic E-state index is 0.489. The van der Waals surface area contributed by atoms with Crippen LogP contribution >= 0.6 is 22.6 Å². The second-order valence-corrected chi connectivity index (χ2v) is 4.37. The van der Waals surface area contributed by atoms with Crippen LogP contribution in [-0.2, 0) is 0 Å². The van der Waals surface area contributed by atoms with E-state index in [0.29, 0.717) is 6.10 Å². The second kappa shape index (κ2) is 3.64. The highest BCUT2D eigenvalue weighted by Crippen LogP contribution is 2.25. The van der Waals surface area contributed by atoms with E-state index in [-0.39, 0.29) is 0 Å². The maximum atomic E-state index is 5.73. The molecule has 0 atom stereocenters. The Hall–Kier alpha value is -0.250. The SMILES string of the molecule is Ic1cccc(OC2CCC2)c1. The first-order valence-corrected chi connectivity index (χ1v) is 5.35. The Morgan fingerprint density at radius 3 is 2.75 bits per heavy atom. The van der Waals surface area contributed by atoms with Crippen LogP contribution in [0.15, 0.2) is 24.3 Å². The van der Waals surface area contributed by atoms with Crippen molar-refractivity contribution < 1.29 is 4.74 Å². The fraction of sp³-hybridized carbons (Fsp3) is 0.400. The molecular formula is C10H11IO. The minimum Gasteiger partial charge on any atom is -0.490 e. The average Bonchev–Trinajstić information content (AvgIpc) is 1.97. The molecule has 0 amide bonds. The average molecular weight is 274 g/mol. The smallest absolute Gasteiger partial charge is 0.120 e. The van der Waals surface area contributed by atoms with Crippen LogP contribution in [0, 0.1) is 3.57 Å². The van der Waals surface area contributed by atoms with E-state index in [4.69, 9.17) is 4.74 Å². The van der Waals surface area contributed by atoms with Gasteiger partial charge in [-0.3, -0.25) is 0 Å². The van der Waals surface area contributed by atoms with Crippen molar-refractivity contribution in [2.45, 2.75) is 25.4 Å². The van der Waals surface area contributed by atoms with E-state index in [1.807, 2.05) is 12.1 Å². The van der Waals surface area contributed by atoms with E-state index in [1.54, 1.807) is 0 Å². The van der Waals surface area contributed by atoms with Crippen LogP contribution in [0.5, 0.6) is 5.75 Å². The summed E-state index contributed by atoms with van der Waals surface area (Å²) in [6, 6.07) is 8.23. The molecule has 1 aromatic rings. The van der Waals surface area contributed by atoms with Crippen molar-refractivity contribution in [3.8, 4) is 5.75 Å². The molecule has 1 saturated carbocycles. The summed E-state index contributed by atoms with van der Waals surface area (Å²) in [6.07, 6.45) is 4.27. The molecule has 0 bridgehead atoms. The molecule has 1 aliphatic rings. The summed E-state index contributed by atoms with van der Waals surface area (Å²) >= 11 is 2.30. The van der Waals surface area contributed by atoms with Gasteiger partial charge in [0.1, 0.15) is 5.75 Å². The second-order valence-electron chi connectivity index (χ2n) is 3.13. The molecule has 0 aliphatic heterocycles. The Kier molecular flexibility index (Phi) is 2.54. The molecule has 2 rings (SSSR count). The van der Waals surface area contributed by atoms with E-state index >= 15 is 0 Å². The van der Waals surface area contributed by atoms with Gasteiger partial charge >= 0.3 is 0 Å². The number of halogens is 1. The van der Waals surface area contributed by atoms with E-state index in [2.05, 4.69) is 34.7 Å². The van der Waals surface area contributed by atoms with Gasteiger partial charge in [-0.25, -0.2) is 0 Å². The van der Waals surface area contributed by atoms with Crippen LogP contribution in [0.3, 0.4) is 0 Å². The number of hydrogen-bond donors (Lipinski definition) is 0. The fourth-order valence-corrected chi connectivity index (χ4v) is 1.74. The van der Waals surface area contributed by atoms with Crippen LogP contribution in [0.1, 0.15) is 19.3 Å². The first-order valence-electron chi connectivity index (χ1n) is 4.27. The molecule has 1 fully saturated rings. The van der Waals surface area contributed by atoms with E-state index < -0.39 is 0 Å². The number of ether oxygens (including phenoxy) is 1. The number of hydrogen-bond acceptors (Lipinski definition) is 1. The van der Waals surface area contributed by atoms with Gasteiger partial charge in [0.15, 0.2) is 0 Å². The fourth-order valence-electron chi connectivity index (χ4n) is 1.22. The zero-order valence-electron chi connectivity index (χ0n) is 6.79. The van der Waals surface area contributed by atoms with Gasteiger partial charge in [0.25, 0.3) is 0 Å². The minimum absolute atomic E-state index is 0.489. The maximum Gasteiger partial charge on any atom is 0.120 e. The molecule has 1 aromatic carbocycles. The molecule has 0 heterocycles. The van der Waals surface area contributed by atoms with Crippen LogP contribution < -0.4 is 4.74 Å². The highest BCUT2D eigenvalue weighted by atomic mass is 127. The molecule has 1 nitrogen and oxygen atoms in total. The van der Waals surface area contributed by atoms with Gasteiger partial charge in [-0.05, 0) is 60.1 Å². The molecule has 0 saturated heterocycles. The molecule has 0 spiro atoms. The van der Waals surface area contributed by atoms with Gasteiger partial charge in [-0.15, -0.1) is 0 Å². The van der Waals surface area contributed by atoms with E-state index in [9.17, 15) is 0 Å². The highest BCUT2D eigenvalue weighted by molar-refractivity contribution is 14.1. The van der Waals surface area contributed by atoms with Gasteiger partial charge in [0, 0.05) is 3.57 Å². The first-order chi connectivity index (χ1) is 5.84. The summed E-state index contributed by atoms with van der Waals surface area (Å²) < 4.78 is 6.97. The lowest BCUT2D eigenvalue weighted by Gasteiger charge is -2.26. The van der Waals surface area contributed by atoms with E-state index in [0.717, 1.165) is 5.75 Å². The van der Waals surface area contributed by atoms with Crippen LogP contribution in [0.25, 0.3) is 0 Å². The van der Waals surface area contributed by atoms with Gasteiger partial charge in [-0.2, -0.15) is 0 Å². The van der Waals surface area contributed by atoms with Crippen LogP contribution in [-0.4, -0.2) is 6.10 Å². The zero-order valence-corrected chi connectivity index (χ0v) is 8.95. The summed E-state index contributed by atoms with van der Waals surface area (Å²) in [4.78, 5) is 0. The Labute approximate surface area is 86.3 Å². The normalized spacial score (nSPS) is 17.1. The summed E-state index contributed by atoms with van der Waals surface area (Å²) in [5.74, 6) is 1.02. The van der Waals surface area contributed by atoms with Crippen LogP contribution in [0.4, 0.5) is 0 Å². The lowest BCUT2D eigenvalue weighted by Crippen LogP contribution is -2.24. The third-order valence-corrected chi connectivity index (χ3v) is 2.82. The molecule has 2 heteroatoms. The van der Waals surface area contributed by atoms with Crippen molar-refractivity contribution >= 4 is 22.6 Å². The van der Waals surface area contributed by atoms with E-state index in [1.165, 1.54) is 22.8 Å². The zero-order chi connectivity index (χ0) is 8.39. The largest absolute Gasteiger partial charge is 0.490 e. The molecular weight excluding hydrogens is 263 g/mol. The summed E-state index contributed by atoms with van der Waals surface area (Å²) in [7, 11) is 0. The van der Waals surface area contributed by atoms with Gasteiger partial charge in [0.2, 0.25) is 0 Å². The molecule has 12 heavy (non-hydrogen) atoms. The summed E-state index contributed by atoms with van der Waals surface area (Å²) in [6.45, 7) is 0. The van der Waals surface area contributed by atoms with Crippen molar-refractivity contribution in [3.63, 3.8) is 0 Å². The van der Waals surface area contributed by atoms with Gasteiger partial charge in [-0.1, -0.05) is 6.07 Å². The van der Waals surface area contributed by atoms with Crippen molar-refractivity contribution in [3.05, 3.63) is 27.8 Å². The summed E-state index contributed by atoms with van der Waals surface area (Å²) in [5.41, 5.74) is 0. The molecule has 0 unspecified atom stereocenters. The lowest BCUT2D eigenvalue weighted by molar-refractivity contribution is 0.120. The Morgan fingerprint density at radius 1 is 1.33 bits per heavy atom. The van der Waals surface area contributed by atoms with Crippen molar-refractivity contribution in [1.82, 2.24) is 0 Å². The van der Waals surface area contributed by atoms with Crippen LogP contribution in [0.2, 0.25) is 0 Å². The van der Waals surface area contributed by atoms with Crippen molar-refractivity contribution in [2.24, 2.45) is 0 Å².